The molecule has 30 heavy (non-hydrogen) atoms. The summed E-state index contributed by atoms with van der Waals surface area (Å²) < 4.78 is 0. The van der Waals surface area contributed by atoms with Crippen LogP contribution in [0.1, 0.15) is 115 Å². The van der Waals surface area contributed by atoms with Crippen LogP contribution in [-0.2, 0) is 51.4 Å². The Balaban J connectivity index is 1.59. The molecule has 0 saturated carbocycles. The lowest BCUT2D eigenvalue weighted by Gasteiger charge is -2.33. The molecule has 0 unspecified atom stereocenters. The molecular formula is C28H28O2. The summed E-state index contributed by atoms with van der Waals surface area (Å²) in [5.74, 6) is 0.415. The molecule has 0 atom stereocenters. The molecular weight excluding hydrogens is 368 g/mol. The van der Waals surface area contributed by atoms with Gasteiger partial charge in [0.15, 0.2) is 11.6 Å². The highest BCUT2D eigenvalue weighted by Gasteiger charge is 2.42. The van der Waals surface area contributed by atoms with Crippen LogP contribution in [0.2, 0.25) is 0 Å². The second kappa shape index (κ2) is 6.15. The molecule has 0 spiro atoms. The van der Waals surface area contributed by atoms with Crippen molar-refractivity contribution in [3.05, 3.63) is 66.8 Å². The van der Waals surface area contributed by atoms with Crippen molar-refractivity contribution in [2.75, 3.05) is 0 Å². The molecule has 152 valence electrons. The molecule has 0 aliphatic heterocycles. The van der Waals surface area contributed by atoms with Gasteiger partial charge in [0.1, 0.15) is 0 Å². The van der Waals surface area contributed by atoms with Crippen molar-refractivity contribution in [2.45, 2.75) is 89.9 Å². The highest BCUT2D eigenvalue weighted by Crippen LogP contribution is 2.47. The minimum absolute atomic E-state index is 0.207. The third-order valence-electron chi connectivity index (χ3n) is 8.72. The van der Waals surface area contributed by atoms with Gasteiger partial charge in [0.2, 0.25) is 0 Å². The third-order valence-corrected chi connectivity index (χ3v) is 8.72. The summed E-state index contributed by atoms with van der Waals surface area (Å²) in [4.78, 5) is 28.4. The van der Waals surface area contributed by atoms with Crippen molar-refractivity contribution in [1.29, 1.82) is 0 Å². The molecule has 0 heterocycles. The summed E-state index contributed by atoms with van der Waals surface area (Å²) in [6.45, 7) is 0. The Morgan fingerprint density at radius 2 is 0.533 bits per heavy atom. The summed E-state index contributed by atoms with van der Waals surface area (Å²) in [5, 5.41) is 0. The summed E-state index contributed by atoms with van der Waals surface area (Å²) in [6, 6.07) is 0. The minimum atomic E-state index is 0.207. The van der Waals surface area contributed by atoms with E-state index in [9.17, 15) is 9.59 Å². The SMILES string of the molecule is O=C1c2c3c(c4c(c2C(=O)c2c5c(c6c(c21)CCC6)CCC5)CCCC4)CCCC3. The molecule has 5 aliphatic rings. The number of carbonyl (C=O) groups is 2. The lowest BCUT2D eigenvalue weighted by Crippen LogP contribution is -2.31. The van der Waals surface area contributed by atoms with Crippen LogP contribution in [0.25, 0.3) is 0 Å². The molecule has 0 aromatic heterocycles. The predicted molar refractivity (Wildman–Crippen MR) is 117 cm³/mol. The number of carbonyl (C=O) groups excluding carboxylic acids is 2. The Morgan fingerprint density at radius 3 is 0.867 bits per heavy atom. The molecule has 7 rings (SSSR count). The first-order valence-electron chi connectivity index (χ1n) is 12.2. The third kappa shape index (κ3) is 2.05. The van der Waals surface area contributed by atoms with Crippen LogP contribution in [0.15, 0.2) is 0 Å². The zero-order valence-corrected chi connectivity index (χ0v) is 17.7. The largest absolute Gasteiger partial charge is 0.289 e. The number of rotatable bonds is 0. The summed E-state index contributed by atoms with van der Waals surface area (Å²) in [5.41, 5.74) is 14.2. The summed E-state index contributed by atoms with van der Waals surface area (Å²) in [7, 11) is 0. The van der Waals surface area contributed by atoms with Crippen molar-refractivity contribution in [3.63, 3.8) is 0 Å². The quantitative estimate of drug-likeness (QED) is 0.524. The van der Waals surface area contributed by atoms with E-state index in [1.54, 1.807) is 0 Å². The minimum Gasteiger partial charge on any atom is -0.289 e. The number of hydrogen-bond donors (Lipinski definition) is 0. The molecule has 2 nitrogen and oxygen atoms in total. The van der Waals surface area contributed by atoms with Crippen LogP contribution in [0, 0.1) is 0 Å². The zero-order valence-electron chi connectivity index (χ0n) is 17.7. The van der Waals surface area contributed by atoms with Crippen LogP contribution >= 0.6 is 0 Å². The standard InChI is InChI=1S/C28H28O2/c29-27-23-19-9-3-1-7-15(19)16-8-2-4-10-20(16)24(23)28(30)26-22-14-6-12-18(22)17-11-5-13-21(17)25(26)27/h1-14H2. The molecule has 0 amide bonds. The highest BCUT2D eigenvalue weighted by atomic mass is 16.1. The second-order valence-electron chi connectivity index (χ2n) is 10.1. The maximum atomic E-state index is 14.2. The molecule has 2 heteroatoms. The van der Waals surface area contributed by atoms with Gasteiger partial charge in [-0.25, -0.2) is 0 Å². The van der Waals surface area contributed by atoms with Crippen LogP contribution in [0.4, 0.5) is 0 Å². The van der Waals surface area contributed by atoms with E-state index < -0.39 is 0 Å². The smallest absolute Gasteiger partial charge is 0.195 e. The van der Waals surface area contributed by atoms with E-state index in [2.05, 4.69) is 0 Å². The maximum absolute atomic E-state index is 14.2. The van der Waals surface area contributed by atoms with Crippen LogP contribution in [-0.4, -0.2) is 11.6 Å². The normalized spacial score (nSPS) is 20.9. The fraction of sp³-hybridized carbons (Fsp3) is 0.500. The van der Waals surface area contributed by atoms with E-state index in [-0.39, 0.29) is 11.6 Å². The first-order chi connectivity index (χ1) is 14.8. The van der Waals surface area contributed by atoms with E-state index in [1.807, 2.05) is 0 Å². The molecule has 0 N–H and O–H groups in total. The van der Waals surface area contributed by atoms with Gasteiger partial charge in [0, 0.05) is 22.3 Å². The van der Waals surface area contributed by atoms with Crippen molar-refractivity contribution in [3.8, 4) is 0 Å². The molecule has 5 aliphatic carbocycles. The summed E-state index contributed by atoms with van der Waals surface area (Å²) in [6.07, 6.45) is 15.3. The van der Waals surface area contributed by atoms with E-state index in [4.69, 9.17) is 0 Å². The van der Waals surface area contributed by atoms with Gasteiger partial charge in [-0.2, -0.15) is 0 Å². The average molecular weight is 397 g/mol. The van der Waals surface area contributed by atoms with Gasteiger partial charge in [0.25, 0.3) is 0 Å². The Hall–Kier alpha value is -2.22. The Bertz CT molecular complexity index is 1090. The van der Waals surface area contributed by atoms with Gasteiger partial charge in [0.05, 0.1) is 0 Å². The molecule has 2 aromatic carbocycles. The van der Waals surface area contributed by atoms with Gasteiger partial charge in [-0.15, -0.1) is 0 Å². The fourth-order valence-electron chi connectivity index (χ4n) is 7.59. The van der Waals surface area contributed by atoms with E-state index >= 15 is 0 Å². The maximum Gasteiger partial charge on any atom is 0.195 e. The second-order valence-corrected chi connectivity index (χ2v) is 10.1. The van der Waals surface area contributed by atoms with Crippen molar-refractivity contribution >= 4 is 11.6 Å². The van der Waals surface area contributed by atoms with Crippen molar-refractivity contribution in [2.24, 2.45) is 0 Å². The molecule has 2 aromatic rings. The Morgan fingerprint density at radius 1 is 0.300 bits per heavy atom. The highest BCUT2D eigenvalue weighted by molar-refractivity contribution is 6.31. The topological polar surface area (TPSA) is 34.1 Å². The number of hydrogen-bond acceptors (Lipinski definition) is 2. The lowest BCUT2D eigenvalue weighted by molar-refractivity contribution is 0.0975. The monoisotopic (exact) mass is 396 g/mol. The van der Waals surface area contributed by atoms with Crippen LogP contribution in [0.3, 0.4) is 0 Å². The van der Waals surface area contributed by atoms with Gasteiger partial charge in [-0.3, -0.25) is 9.59 Å². The predicted octanol–water partition coefficient (Wildman–Crippen LogP) is 5.20. The Labute approximate surface area is 178 Å². The molecule has 0 bridgehead atoms. The molecule has 0 radical (unpaired) electrons. The fourth-order valence-corrected chi connectivity index (χ4v) is 7.59. The van der Waals surface area contributed by atoms with Crippen molar-refractivity contribution < 1.29 is 9.59 Å². The van der Waals surface area contributed by atoms with Gasteiger partial charge in [-0.05, 0) is 134 Å². The molecule has 0 saturated heterocycles. The lowest BCUT2D eigenvalue weighted by atomic mass is 9.68. The van der Waals surface area contributed by atoms with Gasteiger partial charge >= 0.3 is 0 Å². The molecule has 0 fully saturated rings. The van der Waals surface area contributed by atoms with Crippen LogP contribution in [0.5, 0.6) is 0 Å². The number of benzene rings is 2. The number of ketones is 2. The Kier molecular flexibility index (Phi) is 3.58. The average Bonchev–Trinajstić information content (AvgIpc) is 3.45. The van der Waals surface area contributed by atoms with E-state index in [0.29, 0.717) is 0 Å². The summed E-state index contributed by atoms with van der Waals surface area (Å²) >= 11 is 0. The van der Waals surface area contributed by atoms with Crippen molar-refractivity contribution in [1.82, 2.24) is 0 Å². The zero-order chi connectivity index (χ0) is 20.0. The van der Waals surface area contributed by atoms with E-state index in [1.165, 1.54) is 57.3 Å². The first kappa shape index (κ1) is 17.5. The van der Waals surface area contributed by atoms with Gasteiger partial charge < -0.3 is 0 Å². The van der Waals surface area contributed by atoms with Crippen LogP contribution < -0.4 is 0 Å². The van der Waals surface area contributed by atoms with Gasteiger partial charge in [-0.1, -0.05) is 0 Å². The van der Waals surface area contributed by atoms with E-state index in [0.717, 1.165) is 99.3 Å². The number of fused-ring (bicyclic) bond motifs is 12. The first-order valence-corrected chi connectivity index (χ1v) is 12.2.